The van der Waals surface area contributed by atoms with Gasteiger partial charge in [-0.2, -0.15) is 0 Å². The summed E-state index contributed by atoms with van der Waals surface area (Å²) in [5.41, 5.74) is 1.47. The van der Waals surface area contributed by atoms with E-state index < -0.39 is 27.4 Å². The van der Waals surface area contributed by atoms with Crippen LogP contribution >= 0.6 is 11.6 Å². The number of halogens is 1. The van der Waals surface area contributed by atoms with Crippen LogP contribution in [0.4, 0.5) is 0 Å². The van der Waals surface area contributed by atoms with Crippen LogP contribution < -0.4 is 0 Å². The summed E-state index contributed by atoms with van der Waals surface area (Å²) >= 11 is 3.16. The van der Waals surface area contributed by atoms with Crippen LogP contribution in [0, 0.1) is 0 Å². The number of hydrogen-bond donors (Lipinski definition) is 1. The molecule has 1 aromatic rings. The fraction of sp³-hybridized carbons (Fsp3) is 0.143. The molecule has 3 nitrogen and oxygen atoms in total. The van der Waals surface area contributed by atoms with Gasteiger partial charge in [-0.05, 0) is 0 Å². The van der Waals surface area contributed by atoms with Crippen molar-refractivity contribution in [3.63, 3.8) is 0 Å². The Hall–Kier alpha value is -1.000. The third-order valence-corrected chi connectivity index (χ3v) is 11.4. The fourth-order valence-electron chi connectivity index (χ4n) is 2.13. The van der Waals surface area contributed by atoms with E-state index in [1.807, 2.05) is 16.8 Å². The summed E-state index contributed by atoms with van der Waals surface area (Å²) in [6.45, 7) is 1.90. The first kappa shape index (κ1) is 14.4. The number of carbonyl (C=O) groups excluding carboxylic acids is 1. The van der Waals surface area contributed by atoms with Gasteiger partial charge in [-0.15, -0.1) is 0 Å². The van der Waals surface area contributed by atoms with E-state index in [1.54, 1.807) is 24.3 Å². The maximum absolute atomic E-state index is 12.4. The van der Waals surface area contributed by atoms with Gasteiger partial charge < -0.3 is 0 Å². The molecule has 1 aromatic carbocycles. The topological polar surface area (TPSA) is 54.4 Å². The van der Waals surface area contributed by atoms with Crippen LogP contribution in [0.5, 0.6) is 0 Å². The molecule has 0 bridgehead atoms. The van der Waals surface area contributed by atoms with E-state index in [4.69, 9.17) is 16.7 Å². The minimum absolute atomic E-state index is 0.00362. The van der Waals surface area contributed by atoms with Crippen LogP contribution in [-0.4, -0.2) is 36.1 Å². The van der Waals surface area contributed by atoms with Gasteiger partial charge in [0.2, 0.25) is 0 Å². The van der Waals surface area contributed by atoms with E-state index in [1.165, 1.54) is 0 Å². The molecule has 1 aliphatic rings. The minimum atomic E-state index is -2.65. The quantitative estimate of drug-likeness (QED) is 0.876. The molecule has 5 heteroatoms. The molecular formula is C14H12ClInO3. The SMILES string of the molecule is C[C]1=C(CC(=O)O)C=[CH][In]1[C](=O)c1ccc(Cl)cc1. The Labute approximate surface area is 124 Å². The maximum atomic E-state index is 12.4. The van der Waals surface area contributed by atoms with Crippen molar-refractivity contribution in [1.29, 1.82) is 0 Å². The molecule has 0 saturated carbocycles. The van der Waals surface area contributed by atoms with Gasteiger partial charge >= 0.3 is 124 Å². The third kappa shape index (κ3) is 3.31. The third-order valence-electron chi connectivity index (χ3n) is 3.22. The van der Waals surface area contributed by atoms with Crippen molar-refractivity contribution in [2.45, 2.75) is 13.3 Å². The van der Waals surface area contributed by atoms with Gasteiger partial charge in [0, 0.05) is 0 Å². The number of rotatable bonds is 4. The Morgan fingerprint density at radius 1 is 1.26 bits per heavy atom. The Balaban J connectivity index is 2.22. The van der Waals surface area contributed by atoms with Gasteiger partial charge in [0.1, 0.15) is 0 Å². The summed E-state index contributed by atoms with van der Waals surface area (Å²) < 4.78 is 3.16. The summed E-state index contributed by atoms with van der Waals surface area (Å²) in [5.74, 6) is -0.857. The molecule has 0 spiro atoms. The molecule has 1 heterocycles. The zero-order chi connectivity index (χ0) is 14.0. The zero-order valence-corrected chi connectivity index (χ0v) is 14.4. The Morgan fingerprint density at radius 2 is 1.89 bits per heavy atom. The molecular weight excluding hydrogens is 366 g/mol. The number of carbonyl (C=O) groups is 2. The number of carboxylic acids is 1. The summed E-state index contributed by atoms with van der Waals surface area (Å²) in [7, 11) is 0. The molecule has 0 fully saturated rings. The number of aliphatic carboxylic acids is 1. The van der Waals surface area contributed by atoms with Crippen LogP contribution in [0.2, 0.25) is 5.02 Å². The van der Waals surface area contributed by atoms with Crippen molar-refractivity contribution in [2.24, 2.45) is 0 Å². The predicted molar refractivity (Wildman–Crippen MR) is 75.6 cm³/mol. The van der Waals surface area contributed by atoms with Crippen LogP contribution in [-0.2, 0) is 4.79 Å². The van der Waals surface area contributed by atoms with Crippen molar-refractivity contribution in [2.75, 3.05) is 0 Å². The van der Waals surface area contributed by atoms with Gasteiger partial charge in [0.15, 0.2) is 0 Å². The van der Waals surface area contributed by atoms with Crippen LogP contribution in [0.25, 0.3) is 0 Å². The molecule has 1 N–H and O–H groups in total. The van der Waals surface area contributed by atoms with Crippen molar-refractivity contribution >= 4 is 42.5 Å². The van der Waals surface area contributed by atoms with E-state index in [0.29, 0.717) is 10.6 Å². The molecule has 96 valence electrons. The summed E-state index contributed by atoms with van der Waals surface area (Å²) in [4.78, 5) is 23.2. The second-order valence-corrected chi connectivity index (χ2v) is 12.7. The van der Waals surface area contributed by atoms with Crippen molar-refractivity contribution in [3.05, 3.63) is 53.7 Å². The second kappa shape index (κ2) is 5.97. The second-order valence-electron chi connectivity index (χ2n) is 4.49. The Bertz CT molecular complexity index is 587. The van der Waals surface area contributed by atoms with Crippen molar-refractivity contribution in [1.82, 2.24) is 0 Å². The molecule has 0 amide bonds. The predicted octanol–water partition coefficient (Wildman–Crippen LogP) is 3.00. The Kier molecular flexibility index (Phi) is 4.53. The zero-order valence-electron chi connectivity index (χ0n) is 10.4. The van der Waals surface area contributed by atoms with Crippen LogP contribution in [0.1, 0.15) is 23.7 Å². The number of allylic oxidation sites excluding steroid dienone is 2. The van der Waals surface area contributed by atoms with E-state index >= 15 is 0 Å². The van der Waals surface area contributed by atoms with Crippen LogP contribution in [0.15, 0.2) is 43.1 Å². The first-order valence-electron chi connectivity index (χ1n) is 5.88. The summed E-state index contributed by atoms with van der Waals surface area (Å²) in [6, 6.07) is 6.88. The molecule has 0 atom stereocenters. The van der Waals surface area contributed by atoms with Gasteiger partial charge in [0.25, 0.3) is 0 Å². The molecule has 0 radical (unpaired) electrons. The number of benzene rings is 1. The molecule has 2 rings (SSSR count). The molecule has 1 aliphatic heterocycles. The van der Waals surface area contributed by atoms with E-state index in [9.17, 15) is 9.59 Å². The van der Waals surface area contributed by atoms with Gasteiger partial charge in [-0.1, -0.05) is 0 Å². The molecule has 19 heavy (non-hydrogen) atoms. The summed E-state index contributed by atoms with van der Waals surface area (Å²) in [5, 5.41) is 9.42. The van der Waals surface area contributed by atoms with Gasteiger partial charge in [-0.25, -0.2) is 0 Å². The average Bonchev–Trinajstić information content (AvgIpc) is 2.70. The standard InChI is InChI=1S/C7H4ClO.C7H8O2.In/c8-7-3-1-6(5-9)2-4-7;1-3-6(4-2)5-7(8)9;/h1-4H;1,3H,5H2,2H3,(H,8,9);. The number of carboxylic acid groups (broad SMARTS) is 1. The fourth-order valence-corrected chi connectivity index (χ4v) is 9.19. The van der Waals surface area contributed by atoms with Gasteiger partial charge in [-0.3, -0.25) is 0 Å². The first-order valence-corrected chi connectivity index (χ1v) is 11.5. The van der Waals surface area contributed by atoms with Crippen LogP contribution in [0.3, 0.4) is 0 Å². The average molecular weight is 379 g/mol. The molecule has 0 aliphatic carbocycles. The first-order chi connectivity index (χ1) is 8.99. The normalized spacial score (nSPS) is 14.1. The van der Waals surface area contributed by atoms with Crippen molar-refractivity contribution < 1.29 is 14.7 Å². The van der Waals surface area contributed by atoms with E-state index in [-0.39, 0.29) is 9.96 Å². The monoisotopic (exact) mass is 378 g/mol. The Morgan fingerprint density at radius 3 is 2.47 bits per heavy atom. The molecule has 0 aromatic heterocycles. The molecule has 0 unspecified atom stereocenters. The van der Waals surface area contributed by atoms with E-state index in [0.717, 1.165) is 8.90 Å². The molecule has 0 saturated heterocycles. The van der Waals surface area contributed by atoms with Gasteiger partial charge in [0.05, 0.1) is 0 Å². The van der Waals surface area contributed by atoms with Crippen molar-refractivity contribution in [3.8, 4) is 0 Å². The summed E-state index contributed by atoms with van der Waals surface area (Å²) in [6.07, 6.45) is 1.82. The van der Waals surface area contributed by atoms with E-state index in [2.05, 4.69) is 0 Å². The number of hydrogen-bond acceptors (Lipinski definition) is 2.